The van der Waals surface area contributed by atoms with E-state index in [1.165, 1.54) is 12.8 Å². The number of aromatic nitrogens is 1. The van der Waals surface area contributed by atoms with E-state index < -0.39 is 0 Å². The number of methoxy groups -OCH3 is 1. The third-order valence-corrected chi connectivity index (χ3v) is 6.22. The number of aromatic amines is 1. The van der Waals surface area contributed by atoms with Gasteiger partial charge in [0.2, 0.25) is 5.91 Å². The zero-order valence-electron chi connectivity index (χ0n) is 17.6. The van der Waals surface area contributed by atoms with Crippen LogP contribution in [0.5, 0.6) is 5.75 Å². The third-order valence-electron chi connectivity index (χ3n) is 6.22. The Balaban J connectivity index is 1.50. The first-order chi connectivity index (χ1) is 14.7. The number of H-pyrrole nitrogens is 1. The first kappa shape index (κ1) is 20.5. The number of hydrogen-bond donors (Lipinski definition) is 3. The van der Waals surface area contributed by atoms with Crippen molar-refractivity contribution in [2.24, 2.45) is 5.92 Å². The SMILES string of the molecule is COc1cccc(C(CC(=O)NCCC2CCNCC2)c2c[nH]c3ccccc23)c1. The molecule has 1 amide bonds. The van der Waals surface area contributed by atoms with Crippen LogP contribution in [0.1, 0.15) is 42.7 Å². The number of nitrogens with one attached hydrogen (secondary N) is 3. The van der Waals surface area contributed by atoms with E-state index in [-0.39, 0.29) is 11.8 Å². The predicted molar refractivity (Wildman–Crippen MR) is 121 cm³/mol. The Bertz CT molecular complexity index is 975. The lowest BCUT2D eigenvalue weighted by Crippen LogP contribution is -2.31. The predicted octanol–water partition coefficient (Wildman–Crippen LogP) is 4.20. The van der Waals surface area contributed by atoms with E-state index in [0.29, 0.717) is 12.3 Å². The minimum atomic E-state index is -0.0323. The maximum Gasteiger partial charge on any atom is 0.220 e. The second-order valence-corrected chi connectivity index (χ2v) is 8.15. The molecule has 0 bridgehead atoms. The Morgan fingerprint density at radius 3 is 2.83 bits per heavy atom. The summed E-state index contributed by atoms with van der Waals surface area (Å²) >= 11 is 0. The van der Waals surface area contributed by atoms with E-state index in [2.05, 4.69) is 33.8 Å². The fourth-order valence-corrected chi connectivity index (χ4v) is 4.49. The van der Waals surface area contributed by atoms with Crippen molar-refractivity contribution >= 4 is 16.8 Å². The average Bonchev–Trinajstić information content (AvgIpc) is 3.22. The minimum Gasteiger partial charge on any atom is -0.497 e. The molecular weight excluding hydrogens is 374 g/mol. The van der Waals surface area contributed by atoms with E-state index in [4.69, 9.17) is 4.74 Å². The lowest BCUT2D eigenvalue weighted by Gasteiger charge is -2.23. The second kappa shape index (κ2) is 9.81. The largest absolute Gasteiger partial charge is 0.497 e. The van der Waals surface area contributed by atoms with Crippen molar-refractivity contribution in [2.45, 2.75) is 31.6 Å². The second-order valence-electron chi connectivity index (χ2n) is 8.15. The highest BCUT2D eigenvalue weighted by atomic mass is 16.5. The molecule has 0 aliphatic carbocycles. The van der Waals surface area contributed by atoms with Crippen molar-refractivity contribution in [3.05, 3.63) is 65.9 Å². The lowest BCUT2D eigenvalue weighted by atomic mass is 9.87. The summed E-state index contributed by atoms with van der Waals surface area (Å²) in [4.78, 5) is 16.2. The summed E-state index contributed by atoms with van der Waals surface area (Å²) in [5.74, 6) is 1.59. The van der Waals surface area contributed by atoms with E-state index in [9.17, 15) is 4.79 Å². The number of ether oxygens (including phenoxy) is 1. The molecule has 30 heavy (non-hydrogen) atoms. The van der Waals surface area contributed by atoms with E-state index in [1.807, 2.05) is 36.5 Å². The van der Waals surface area contributed by atoms with Gasteiger partial charge in [0, 0.05) is 36.0 Å². The fraction of sp³-hybridized carbons (Fsp3) is 0.400. The summed E-state index contributed by atoms with van der Waals surface area (Å²) in [6.45, 7) is 2.94. The molecule has 1 fully saturated rings. The molecule has 0 radical (unpaired) electrons. The van der Waals surface area contributed by atoms with Crippen molar-refractivity contribution < 1.29 is 9.53 Å². The summed E-state index contributed by atoms with van der Waals surface area (Å²) in [5.41, 5.74) is 3.33. The van der Waals surface area contributed by atoms with E-state index >= 15 is 0 Å². The molecule has 0 saturated carbocycles. The number of carbonyl (C=O) groups excluding carboxylic acids is 1. The number of benzene rings is 2. The Labute approximate surface area is 178 Å². The molecule has 5 heteroatoms. The van der Waals surface area contributed by atoms with Gasteiger partial charge < -0.3 is 20.4 Å². The topological polar surface area (TPSA) is 66.2 Å². The van der Waals surface area contributed by atoms with Gasteiger partial charge in [-0.3, -0.25) is 4.79 Å². The van der Waals surface area contributed by atoms with Crippen molar-refractivity contribution in [1.82, 2.24) is 15.6 Å². The number of fused-ring (bicyclic) bond motifs is 1. The molecule has 1 saturated heterocycles. The highest BCUT2D eigenvalue weighted by Crippen LogP contribution is 2.34. The van der Waals surface area contributed by atoms with Crippen LogP contribution in [0.3, 0.4) is 0 Å². The number of carbonyl (C=O) groups is 1. The summed E-state index contributed by atoms with van der Waals surface area (Å²) < 4.78 is 5.43. The normalized spacial score (nSPS) is 15.8. The molecular formula is C25H31N3O2. The van der Waals surface area contributed by atoms with Crippen LogP contribution >= 0.6 is 0 Å². The highest BCUT2D eigenvalue weighted by Gasteiger charge is 2.22. The van der Waals surface area contributed by atoms with Crippen molar-refractivity contribution in [2.75, 3.05) is 26.7 Å². The molecule has 5 nitrogen and oxygen atoms in total. The van der Waals surface area contributed by atoms with Crippen LogP contribution < -0.4 is 15.4 Å². The average molecular weight is 406 g/mol. The molecule has 1 unspecified atom stereocenters. The summed E-state index contributed by atoms with van der Waals surface area (Å²) in [6.07, 6.45) is 5.93. The van der Waals surface area contributed by atoms with Gasteiger partial charge in [-0.25, -0.2) is 0 Å². The summed E-state index contributed by atoms with van der Waals surface area (Å²) in [5, 5.41) is 7.73. The molecule has 1 atom stereocenters. The third kappa shape index (κ3) is 4.85. The zero-order valence-corrected chi connectivity index (χ0v) is 17.6. The fourth-order valence-electron chi connectivity index (χ4n) is 4.49. The maximum absolute atomic E-state index is 12.9. The Hall–Kier alpha value is -2.79. The molecule has 4 rings (SSSR count). The number of rotatable bonds is 8. The van der Waals surface area contributed by atoms with Gasteiger partial charge in [-0.15, -0.1) is 0 Å². The van der Waals surface area contributed by atoms with Crippen molar-refractivity contribution in [3.8, 4) is 5.75 Å². The van der Waals surface area contributed by atoms with Gasteiger partial charge in [0.05, 0.1) is 7.11 Å². The monoisotopic (exact) mass is 405 g/mol. The lowest BCUT2D eigenvalue weighted by molar-refractivity contribution is -0.121. The van der Waals surface area contributed by atoms with Gasteiger partial charge >= 0.3 is 0 Å². The van der Waals surface area contributed by atoms with Crippen molar-refractivity contribution in [3.63, 3.8) is 0 Å². The van der Waals surface area contributed by atoms with Crippen LogP contribution in [0, 0.1) is 5.92 Å². The van der Waals surface area contributed by atoms with Gasteiger partial charge in [-0.05, 0) is 67.6 Å². The highest BCUT2D eigenvalue weighted by molar-refractivity contribution is 5.86. The van der Waals surface area contributed by atoms with E-state index in [0.717, 1.165) is 53.8 Å². The molecule has 3 aromatic rings. The van der Waals surface area contributed by atoms with Gasteiger partial charge in [0.25, 0.3) is 0 Å². The standard InChI is InChI=1S/C25H31N3O2/c1-30-20-6-4-5-19(15-20)22(23-17-28-24-8-3-2-7-21(23)24)16-25(29)27-14-11-18-9-12-26-13-10-18/h2-8,15,17-18,22,26,28H,9-14,16H2,1H3,(H,27,29). The van der Waals surface area contributed by atoms with Crippen LogP contribution in [-0.4, -0.2) is 37.6 Å². The van der Waals surface area contributed by atoms with Gasteiger partial charge in [-0.1, -0.05) is 30.3 Å². The number of hydrogen-bond acceptors (Lipinski definition) is 3. The van der Waals surface area contributed by atoms with Crippen molar-refractivity contribution in [1.29, 1.82) is 0 Å². The first-order valence-electron chi connectivity index (χ1n) is 10.9. The Morgan fingerprint density at radius 2 is 2.00 bits per heavy atom. The molecule has 1 aromatic heterocycles. The van der Waals surface area contributed by atoms with Crippen LogP contribution in [0.4, 0.5) is 0 Å². The van der Waals surface area contributed by atoms with Gasteiger partial charge in [-0.2, -0.15) is 0 Å². The first-order valence-corrected chi connectivity index (χ1v) is 10.9. The molecule has 1 aliphatic heterocycles. The molecule has 1 aliphatic rings. The molecule has 2 heterocycles. The minimum absolute atomic E-state index is 0.0323. The maximum atomic E-state index is 12.9. The number of para-hydroxylation sites is 1. The van der Waals surface area contributed by atoms with Crippen LogP contribution in [0.2, 0.25) is 0 Å². The number of piperidine rings is 1. The van der Waals surface area contributed by atoms with Crippen LogP contribution in [0.25, 0.3) is 10.9 Å². The van der Waals surface area contributed by atoms with Gasteiger partial charge in [0.1, 0.15) is 5.75 Å². The Morgan fingerprint density at radius 1 is 1.17 bits per heavy atom. The Kier molecular flexibility index (Phi) is 6.70. The zero-order chi connectivity index (χ0) is 20.8. The molecule has 0 spiro atoms. The smallest absolute Gasteiger partial charge is 0.220 e. The quantitative estimate of drug-likeness (QED) is 0.526. The molecule has 3 N–H and O–H groups in total. The summed E-state index contributed by atoms with van der Waals surface area (Å²) in [6, 6.07) is 16.3. The molecule has 2 aromatic carbocycles. The molecule has 158 valence electrons. The van der Waals surface area contributed by atoms with Gasteiger partial charge in [0.15, 0.2) is 0 Å². The number of amides is 1. The van der Waals surface area contributed by atoms with Crippen LogP contribution in [-0.2, 0) is 4.79 Å². The van der Waals surface area contributed by atoms with Crippen LogP contribution in [0.15, 0.2) is 54.7 Å². The summed E-state index contributed by atoms with van der Waals surface area (Å²) in [7, 11) is 1.67. The van der Waals surface area contributed by atoms with E-state index in [1.54, 1.807) is 7.11 Å².